The highest BCUT2D eigenvalue weighted by Gasteiger charge is 2.27. The van der Waals surface area contributed by atoms with Gasteiger partial charge in [-0.1, -0.05) is 39.1 Å². The molecule has 17 heteroatoms. The highest BCUT2D eigenvalue weighted by atomic mass is 79.9. The maximum Gasteiger partial charge on any atom is 0.220 e. The first-order chi connectivity index (χ1) is 23.5. The standard InChI is InChI=1S/C16H18BrClN4O2.C13H12BrClN4O.C3H7BrO/c1-23-4-3-22-7-10-13(8-22)20-16(19)21-15(10)9-5-14(24-2)11(17)6-12(9)18;1-20-11-2-6(9(15)3-8(11)14)12-7-4-17-5-10(7)18-13(16)19-12;1-5-3-2-4/h5-6H,3-4,7-8H2,1-2H3,(H2,19,20,21);2-3,17H,4-5H2,1H3,(H2,16,18,19);2-3H2,1H3. The molecule has 264 valence electrons. The summed E-state index contributed by atoms with van der Waals surface area (Å²) >= 11 is 22.8. The number of halogens is 5. The monoisotopic (exact) mass is 904 g/mol. The third-order valence-corrected chi connectivity index (χ3v) is 9.64. The van der Waals surface area contributed by atoms with Crippen molar-refractivity contribution in [3.8, 4) is 34.0 Å². The number of ether oxygens (including phenoxy) is 4. The largest absolute Gasteiger partial charge is 0.496 e. The lowest BCUT2D eigenvalue weighted by molar-refractivity contribution is 0.147. The van der Waals surface area contributed by atoms with Gasteiger partial charge in [0.2, 0.25) is 11.9 Å². The van der Waals surface area contributed by atoms with E-state index in [1.165, 1.54) is 0 Å². The average Bonchev–Trinajstić information content (AvgIpc) is 3.71. The summed E-state index contributed by atoms with van der Waals surface area (Å²) in [4.78, 5) is 19.7. The molecule has 2 aromatic carbocycles. The quantitative estimate of drug-likeness (QED) is 0.150. The van der Waals surface area contributed by atoms with Gasteiger partial charge in [0.25, 0.3) is 0 Å². The molecule has 0 fully saturated rings. The van der Waals surface area contributed by atoms with Gasteiger partial charge in [-0.05, 0) is 56.1 Å². The number of methoxy groups -OCH3 is 4. The normalized spacial score (nSPS) is 13.2. The van der Waals surface area contributed by atoms with E-state index in [4.69, 9.17) is 48.9 Å². The Bertz CT molecular complexity index is 1770. The smallest absolute Gasteiger partial charge is 0.220 e. The van der Waals surface area contributed by atoms with E-state index in [1.54, 1.807) is 40.6 Å². The van der Waals surface area contributed by atoms with Crippen LogP contribution in [0.15, 0.2) is 33.2 Å². The Hall–Kier alpha value is -2.34. The number of nitrogen functional groups attached to an aromatic ring is 2. The molecule has 0 bridgehead atoms. The summed E-state index contributed by atoms with van der Waals surface area (Å²) in [6.07, 6.45) is 0. The number of nitrogens with two attached hydrogens (primary N) is 2. The van der Waals surface area contributed by atoms with E-state index in [1.807, 2.05) is 12.1 Å². The van der Waals surface area contributed by atoms with Crippen LogP contribution in [0.3, 0.4) is 0 Å². The third kappa shape index (κ3) is 9.92. The van der Waals surface area contributed by atoms with Crippen LogP contribution in [0.2, 0.25) is 10.0 Å². The van der Waals surface area contributed by atoms with Crippen LogP contribution in [-0.2, 0) is 35.7 Å². The molecular formula is C32H37Br3Cl2N8O4. The molecule has 2 aliphatic rings. The highest BCUT2D eigenvalue weighted by Crippen LogP contribution is 2.40. The van der Waals surface area contributed by atoms with E-state index < -0.39 is 0 Å². The van der Waals surface area contributed by atoms with Gasteiger partial charge in [0.05, 0.1) is 69.2 Å². The topological polar surface area (TPSA) is 156 Å². The number of fused-ring (bicyclic) bond motifs is 2. The lowest BCUT2D eigenvalue weighted by atomic mass is 10.1. The van der Waals surface area contributed by atoms with Crippen molar-refractivity contribution >= 4 is 82.9 Å². The van der Waals surface area contributed by atoms with Crippen LogP contribution >= 0.6 is 71.0 Å². The van der Waals surface area contributed by atoms with E-state index in [0.717, 1.165) is 85.5 Å². The van der Waals surface area contributed by atoms with Gasteiger partial charge in [0.1, 0.15) is 11.5 Å². The van der Waals surface area contributed by atoms with Crippen molar-refractivity contribution in [2.75, 3.05) is 65.0 Å². The first kappa shape index (κ1) is 39.4. The fraction of sp³-hybridized carbons (Fsp3) is 0.375. The van der Waals surface area contributed by atoms with E-state index in [-0.39, 0.29) is 11.9 Å². The molecule has 0 atom stereocenters. The third-order valence-electron chi connectivity index (χ3n) is 7.46. The van der Waals surface area contributed by atoms with Gasteiger partial charge >= 0.3 is 0 Å². The Morgan fingerprint density at radius 3 is 1.76 bits per heavy atom. The fourth-order valence-electron chi connectivity index (χ4n) is 5.16. The predicted molar refractivity (Wildman–Crippen MR) is 204 cm³/mol. The summed E-state index contributed by atoms with van der Waals surface area (Å²) in [6.45, 7) is 5.16. The second-order valence-electron chi connectivity index (χ2n) is 10.6. The molecule has 0 amide bonds. The van der Waals surface area contributed by atoms with Crippen molar-refractivity contribution in [1.82, 2.24) is 30.2 Å². The molecule has 0 unspecified atom stereocenters. The Balaban J connectivity index is 0.000000197. The van der Waals surface area contributed by atoms with Crippen molar-refractivity contribution in [2.24, 2.45) is 0 Å². The van der Waals surface area contributed by atoms with E-state index in [2.05, 4.69) is 82.7 Å². The molecule has 6 rings (SSSR count). The van der Waals surface area contributed by atoms with Crippen LogP contribution in [0.25, 0.3) is 22.5 Å². The number of nitrogens with zero attached hydrogens (tertiary/aromatic N) is 5. The second kappa shape index (κ2) is 18.8. The first-order valence-corrected chi connectivity index (χ1v) is 18.4. The Morgan fingerprint density at radius 2 is 1.27 bits per heavy atom. The molecule has 0 spiro atoms. The number of benzene rings is 2. The summed E-state index contributed by atoms with van der Waals surface area (Å²) < 4.78 is 22.1. The Morgan fingerprint density at radius 1 is 0.735 bits per heavy atom. The zero-order chi connectivity index (χ0) is 35.7. The maximum absolute atomic E-state index is 6.45. The van der Waals surface area contributed by atoms with Gasteiger partial charge in [-0.25, -0.2) is 19.9 Å². The average molecular weight is 908 g/mol. The molecular weight excluding hydrogens is 871 g/mol. The zero-order valence-electron chi connectivity index (χ0n) is 27.4. The molecule has 5 N–H and O–H groups in total. The SMILES string of the molecule is COCCBr.COCCN1Cc2nc(N)nc(-c3cc(OC)c(Br)cc3Cl)c2C1.COc1cc(-c2nc(N)nc3c2CNC3)c(Cl)cc1Br. The van der Waals surface area contributed by atoms with Gasteiger partial charge < -0.3 is 35.7 Å². The van der Waals surface area contributed by atoms with E-state index in [9.17, 15) is 0 Å². The van der Waals surface area contributed by atoms with Gasteiger partial charge in [-0.3, -0.25) is 4.90 Å². The summed E-state index contributed by atoms with van der Waals surface area (Å²) in [7, 11) is 6.60. The van der Waals surface area contributed by atoms with Gasteiger partial charge in [-0.2, -0.15) is 0 Å². The Kier molecular flexibility index (Phi) is 15.1. The minimum absolute atomic E-state index is 0.246. The number of anilines is 2. The van der Waals surface area contributed by atoms with E-state index >= 15 is 0 Å². The van der Waals surface area contributed by atoms with Crippen LogP contribution in [0.5, 0.6) is 11.5 Å². The molecule has 0 saturated heterocycles. The predicted octanol–water partition coefficient (Wildman–Crippen LogP) is 6.89. The van der Waals surface area contributed by atoms with Crippen LogP contribution in [0.1, 0.15) is 22.5 Å². The lowest BCUT2D eigenvalue weighted by Gasteiger charge is -2.14. The molecule has 4 aromatic rings. The van der Waals surface area contributed by atoms with Crippen LogP contribution in [0, 0.1) is 0 Å². The molecule has 49 heavy (non-hydrogen) atoms. The van der Waals surface area contributed by atoms with Crippen LogP contribution < -0.4 is 26.3 Å². The van der Waals surface area contributed by atoms with E-state index in [0.29, 0.717) is 41.2 Å². The molecule has 0 aliphatic carbocycles. The maximum atomic E-state index is 6.45. The number of hydrogen-bond acceptors (Lipinski definition) is 12. The molecule has 12 nitrogen and oxygen atoms in total. The minimum Gasteiger partial charge on any atom is -0.496 e. The van der Waals surface area contributed by atoms with Crippen molar-refractivity contribution in [2.45, 2.75) is 26.2 Å². The summed E-state index contributed by atoms with van der Waals surface area (Å²) in [5.74, 6) is 1.88. The van der Waals surface area contributed by atoms with Crippen LogP contribution in [-0.4, -0.2) is 78.4 Å². The molecule has 2 aliphatic heterocycles. The molecule has 4 heterocycles. The summed E-state index contributed by atoms with van der Waals surface area (Å²) in [5.41, 5.74) is 18.7. The van der Waals surface area contributed by atoms with Crippen molar-refractivity contribution in [3.05, 3.63) is 65.8 Å². The number of aromatic nitrogens is 4. The number of alkyl halides is 1. The minimum atomic E-state index is 0.246. The molecule has 0 saturated carbocycles. The van der Waals surface area contributed by atoms with Gasteiger partial charge in [-0.15, -0.1) is 0 Å². The number of hydrogen-bond donors (Lipinski definition) is 3. The lowest BCUT2D eigenvalue weighted by Crippen LogP contribution is -2.21. The fourth-order valence-corrected chi connectivity index (χ4v) is 7.26. The van der Waals surface area contributed by atoms with Crippen molar-refractivity contribution < 1.29 is 18.9 Å². The molecule has 2 aromatic heterocycles. The van der Waals surface area contributed by atoms with Crippen LogP contribution in [0.4, 0.5) is 11.9 Å². The van der Waals surface area contributed by atoms with Gasteiger partial charge in [0.15, 0.2) is 0 Å². The summed E-state index contributed by atoms with van der Waals surface area (Å²) in [6, 6.07) is 7.32. The van der Waals surface area contributed by atoms with Crippen molar-refractivity contribution in [3.63, 3.8) is 0 Å². The van der Waals surface area contributed by atoms with Gasteiger partial charge in [0, 0.05) is 74.5 Å². The summed E-state index contributed by atoms with van der Waals surface area (Å²) in [5, 5.41) is 5.35. The zero-order valence-corrected chi connectivity index (χ0v) is 33.6. The number of nitrogens with one attached hydrogen (secondary N) is 1. The Labute approximate surface area is 321 Å². The van der Waals surface area contributed by atoms with Crippen molar-refractivity contribution in [1.29, 1.82) is 0 Å². The number of rotatable bonds is 9. The molecule has 0 radical (unpaired) electrons. The highest BCUT2D eigenvalue weighted by molar-refractivity contribution is 9.11. The second-order valence-corrected chi connectivity index (χ2v) is 13.9. The first-order valence-electron chi connectivity index (χ1n) is 14.9.